The van der Waals surface area contributed by atoms with Crippen molar-refractivity contribution in [3.8, 4) is 5.75 Å². The Morgan fingerprint density at radius 1 is 0.926 bits per heavy atom. The molecule has 0 saturated heterocycles. The van der Waals surface area contributed by atoms with Crippen LogP contribution in [0.15, 0.2) is 6.07 Å². The van der Waals surface area contributed by atoms with E-state index in [4.69, 9.17) is 0 Å². The quantitative estimate of drug-likeness (QED) is 0.300. The predicted octanol–water partition coefficient (Wildman–Crippen LogP) is 7.20. The second kappa shape index (κ2) is 11.4. The monoisotopic (exact) mass is 375 g/mol. The molecule has 0 saturated carbocycles. The minimum absolute atomic E-state index is 0.0645. The van der Waals surface area contributed by atoms with Gasteiger partial charge in [-0.3, -0.25) is 4.79 Å². The van der Waals surface area contributed by atoms with Crippen molar-refractivity contribution in [2.24, 2.45) is 5.41 Å². The molecule has 1 amide bonds. The first-order valence-corrected chi connectivity index (χ1v) is 10.8. The standard InChI is InChI=1S/C24H41NO2/c1-7-8-9-10-11-12-13-14-15-16-24(5,6)23(27)25-21-17-18(2)22(26)20(4)19(21)3/h17,26H,7-16H2,1-6H3,(H,25,27). The van der Waals surface area contributed by atoms with Gasteiger partial charge in [-0.2, -0.15) is 0 Å². The molecule has 0 aliphatic carbocycles. The molecule has 0 bridgehead atoms. The van der Waals surface area contributed by atoms with Gasteiger partial charge in [0.2, 0.25) is 5.91 Å². The molecule has 0 heterocycles. The number of hydrogen-bond acceptors (Lipinski definition) is 2. The fourth-order valence-corrected chi connectivity index (χ4v) is 3.48. The van der Waals surface area contributed by atoms with E-state index >= 15 is 0 Å². The summed E-state index contributed by atoms with van der Waals surface area (Å²) in [5, 5.41) is 13.1. The third-order valence-electron chi connectivity index (χ3n) is 5.82. The van der Waals surface area contributed by atoms with E-state index < -0.39 is 0 Å². The fourth-order valence-electron chi connectivity index (χ4n) is 3.48. The summed E-state index contributed by atoms with van der Waals surface area (Å²) in [6.45, 7) is 12.0. The lowest BCUT2D eigenvalue weighted by Crippen LogP contribution is -2.31. The number of amides is 1. The van der Waals surface area contributed by atoms with Crippen LogP contribution in [0.1, 0.15) is 102 Å². The average molecular weight is 376 g/mol. The molecule has 154 valence electrons. The number of unbranched alkanes of at least 4 members (excludes halogenated alkanes) is 8. The fraction of sp³-hybridized carbons (Fsp3) is 0.708. The van der Waals surface area contributed by atoms with Crippen LogP contribution in [-0.2, 0) is 4.79 Å². The molecule has 0 aliphatic rings. The normalized spacial score (nSPS) is 11.6. The van der Waals surface area contributed by atoms with Crippen LogP contribution in [0, 0.1) is 26.2 Å². The number of phenolic OH excluding ortho intramolecular Hbond substituents is 1. The first-order chi connectivity index (χ1) is 12.7. The Labute approximate surface area is 167 Å². The van der Waals surface area contributed by atoms with Crippen LogP contribution in [0.3, 0.4) is 0 Å². The van der Waals surface area contributed by atoms with Gasteiger partial charge in [0.25, 0.3) is 0 Å². The molecule has 0 aliphatic heterocycles. The largest absolute Gasteiger partial charge is 0.507 e. The number of rotatable bonds is 12. The van der Waals surface area contributed by atoms with E-state index in [0.29, 0.717) is 5.75 Å². The highest BCUT2D eigenvalue weighted by Gasteiger charge is 2.27. The Hall–Kier alpha value is -1.51. The Balaban J connectivity index is 2.42. The third kappa shape index (κ3) is 7.56. The number of carbonyl (C=O) groups excluding carboxylic acids is 1. The highest BCUT2D eigenvalue weighted by Crippen LogP contribution is 2.32. The Kier molecular flexibility index (Phi) is 9.90. The summed E-state index contributed by atoms with van der Waals surface area (Å²) in [6, 6.07) is 1.87. The average Bonchev–Trinajstić information content (AvgIpc) is 2.62. The molecule has 3 nitrogen and oxygen atoms in total. The second-order valence-corrected chi connectivity index (χ2v) is 8.76. The zero-order valence-electron chi connectivity index (χ0n) is 18.5. The van der Waals surface area contributed by atoms with Crippen LogP contribution >= 0.6 is 0 Å². The lowest BCUT2D eigenvalue weighted by atomic mass is 9.85. The lowest BCUT2D eigenvalue weighted by Gasteiger charge is -2.25. The summed E-state index contributed by atoms with van der Waals surface area (Å²) >= 11 is 0. The van der Waals surface area contributed by atoms with Crippen molar-refractivity contribution in [2.45, 2.75) is 106 Å². The smallest absolute Gasteiger partial charge is 0.230 e. The highest BCUT2D eigenvalue weighted by molar-refractivity contribution is 5.95. The van der Waals surface area contributed by atoms with E-state index in [0.717, 1.165) is 35.2 Å². The number of aryl methyl sites for hydroxylation is 1. The number of aromatic hydroxyl groups is 1. The molecule has 1 aromatic rings. The molecule has 0 fully saturated rings. The molecule has 0 radical (unpaired) electrons. The van der Waals surface area contributed by atoms with E-state index in [2.05, 4.69) is 12.2 Å². The van der Waals surface area contributed by atoms with Crippen LogP contribution in [0.2, 0.25) is 0 Å². The van der Waals surface area contributed by atoms with Gasteiger partial charge < -0.3 is 10.4 Å². The molecule has 2 N–H and O–H groups in total. The minimum Gasteiger partial charge on any atom is -0.507 e. The first-order valence-electron chi connectivity index (χ1n) is 10.8. The van der Waals surface area contributed by atoms with Crippen molar-refractivity contribution < 1.29 is 9.90 Å². The van der Waals surface area contributed by atoms with Crippen LogP contribution in [0.4, 0.5) is 5.69 Å². The van der Waals surface area contributed by atoms with E-state index in [1.165, 1.54) is 51.4 Å². The van der Waals surface area contributed by atoms with Crippen LogP contribution < -0.4 is 5.32 Å². The van der Waals surface area contributed by atoms with Crippen molar-refractivity contribution in [1.82, 2.24) is 0 Å². The maximum Gasteiger partial charge on any atom is 0.230 e. The van der Waals surface area contributed by atoms with Crippen LogP contribution in [-0.4, -0.2) is 11.0 Å². The summed E-state index contributed by atoms with van der Waals surface area (Å²) < 4.78 is 0. The van der Waals surface area contributed by atoms with Gasteiger partial charge in [0.05, 0.1) is 0 Å². The maximum absolute atomic E-state index is 12.8. The van der Waals surface area contributed by atoms with Gasteiger partial charge >= 0.3 is 0 Å². The molecule has 0 atom stereocenters. The van der Waals surface area contributed by atoms with Crippen molar-refractivity contribution in [3.63, 3.8) is 0 Å². The maximum atomic E-state index is 12.8. The number of anilines is 1. The van der Waals surface area contributed by atoms with Crippen molar-refractivity contribution in [3.05, 3.63) is 22.8 Å². The molecule has 1 aromatic carbocycles. The number of benzene rings is 1. The van der Waals surface area contributed by atoms with Gasteiger partial charge in [-0.1, -0.05) is 78.6 Å². The molecular weight excluding hydrogens is 334 g/mol. The minimum atomic E-state index is -0.382. The van der Waals surface area contributed by atoms with E-state index in [1.807, 2.05) is 40.7 Å². The molecule has 1 rings (SSSR count). The van der Waals surface area contributed by atoms with E-state index in [9.17, 15) is 9.90 Å². The molecule has 0 aromatic heterocycles. The molecule has 0 spiro atoms. The van der Waals surface area contributed by atoms with Crippen LogP contribution in [0.5, 0.6) is 5.75 Å². The second-order valence-electron chi connectivity index (χ2n) is 8.76. The van der Waals surface area contributed by atoms with Crippen molar-refractivity contribution in [2.75, 3.05) is 5.32 Å². The summed E-state index contributed by atoms with van der Waals surface area (Å²) in [5.74, 6) is 0.383. The number of hydrogen-bond donors (Lipinski definition) is 2. The summed E-state index contributed by atoms with van der Waals surface area (Å²) in [6.07, 6.45) is 12.6. The Morgan fingerprint density at radius 3 is 2.00 bits per heavy atom. The summed E-state index contributed by atoms with van der Waals surface area (Å²) in [7, 11) is 0. The molecule has 0 unspecified atom stereocenters. The zero-order chi connectivity index (χ0) is 20.4. The van der Waals surface area contributed by atoms with Crippen molar-refractivity contribution >= 4 is 11.6 Å². The van der Waals surface area contributed by atoms with Gasteiger partial charge in [0.15, 0.2) is 0 Å². The highest BCUT2D eigenvalue weighted by atomic mass is 16.3. The van der Waals surface area contributed by atoms with Gasteiger partial charge in [-0.05, 0) is 49.9 Å². The lowest BCUT2D eigenvalue weighted by molar-refractivity contribution is -0.124. The Bertz CT molecular complexity index is 605. The van der Waals surface area contributed by atoms with Gasteiger partial charge in [-0.25, -0.2) is 0 Å². The van der Waals surface area contributed by atoms with Gasteiger partial charge in [0.1, 0.15) is 5.75 Å². The zero-order valence-corrected chi connectivity index (χ0v) is 18.5. The number of nitrogens with one attached hydrogen (secondary N) is 1. The summed E-state index contributed by atoms with van der Waals surface area (Å²) in [5.41, 5.74) is 3.00. The summed E-state index contributed by atoms with van der Waals surface area (Å²) in [4.78, 5) is 12.8. The SMILES string of the molecule is CCCCCCCCCCCC(C)(C)C(=O)Nc1cc(C)c(O)c(C)c1C. The molecule has 27 heavy (non-hydrogen) atoms. The van der Waals surface area contributed by atoms with Crippen molar-refractivity contribution in [1.29, 1.82) is 0 Å². The van der Waals surface area contributed by atoms with Gasteiger partial charge in [0, 0.05) is 11.1 Å². The molecular formula is C24H41NO2. The predicted molar refractivity (Wildman–Crippen MR) is 117 cm³/mol. The van der Waals surface area contributed by atoms with Gasteiger partial charge in [-0.15, -0.1) is 0 Å². The number of phenols is 1. The first kappa shape index (κ1) is 23.5. The van der Waals surface area contributed by atoms with E-state index in [-0.39, 0.29) is 11.3 Å². The van der Waals surface area contributed by atoms with E-state index in [1.54, 1.807) is 0 Å². The Morgan fingerprint density at radius 2 is 1.44 bits per heavy atom. The van der Waals surface area contributed by atoms with Crippen LogP contribution in [0.25, 0.3) is 0 Å². The topological polar surface area (TPSA) is 49.3 Å². The molecule has 3 heteroatoms. The number of carbonyl (C=O) groups is 1. The third-order valence-corrected chi connectivity index (χ3v) is 5.82.